The summed E-state index contributed by atoms with van der Waals surface area (Å²) in [4.78, 5) is 28.0. The van der Waals surface area contributed by atoms with Gasteiger partial charge in [0.25, 0.3) is 0 Å². The Bertz CT molecular complexity index is 909. The molecule has 2 atom stereocenters. The van der Waals surface area contributed by atoms with Crippen LogP contribution in [0, 0.1) is 12.3 Å². The zero-order valence-corrected chi connectivity index (χ0v) is 16.0. The Kier molecular flexibility index (Phi) is 5.83. The molecule has 27 heavy (non-hydrogen) atoms. The number of esters is 1. The lowest BCUT2D eigenvalue weighted by Gasteiger charge is -2.38. The second kappa shape index (κ2) is 8.28. The number of amides is 2. The Morgan fingerprint density at radius 2 is 2.15 bits per heavy atom. The molecule has 0 spiro atoms. The SMILES string of the molecule is C#CCN1CCC(OC(=O)c2ccccc2)N(c2nnc(S(C)=O)s2)C1=O. The highest BCUT2D eigenvalue weighted by molar-refractivity contribution is 7.86. The first-order valence-corrected chi connectivity index (χ1v) is 10.3. The molecule has 140 valence electrons. The van der Waals surface area contributed by atoms with E-state index < -0.39 is 29.0 Å². The number of benzene rings is 1. The van der Waals surface area contributed by atoms with Gasteiger partial charge >= 0.3 is 12.0 Å². The number of aromatic nitrogens is 2. The van der Waals surface area contributed by atoms with E-state index in [0.29, 0.717) is 18.5 Å². The molecule has 1 fully saturated rings. The van der Waals surface area contributed by atoms with Gasteiger partial charge in [0.05, 0.1) is 22.9 Å². The number of hydrogen-bond donors (Lipinski definition) is 0. The van der Waals surface area contributed by atoms with E-state index in [1.165, 1.54) is 16.1 Å². The monoisotopic (exact) mass is 404 g/mol. The van der Waals surface area contributed by atoms with E-state index in [0.717, 1.165) is 11.3 Å². The van der Waals surface area contributed by atoms with Crippen LogP contribution in [0.1, 0.15) is 16.8 Å². The van der Waals surface area contributed by atoms with Crippen molar-refractivity contribution in [3.63, 3.8) is 0 Å². The minimum Gasteiger partial charge on any atom is -0.437 e. The van der Waals surface area contributed by atoms with Crippen molar-refractivity contribution in [1.82, 2.24) is 15.1 Å². The molecule has 2 aromatic rings. The molecule has 8 nitrogen and oxygen atoms in total. The fourth-order valence-electron chi connectivity index (χ4n) is 2.52. The van der Waals surface area contributed by atoms with Crippen LogP contribution < -0.4 is 4.90 Å². The maximum Gasteiger partial charge on any atom is 0.340 e. The van der Waals surface area contributed by atoms with Gasteiger partial charge in [-0.05, 0) is 12.1 Å². The zero-order chi connectivity index (χ0) is 19.4. The average Bonchev–Trinajstić information content (AvgIpc) is 3.15. The number of anilines is 1. The third-order valence-electron chi connectivity index (χ3n) is 3.79. The number of ether oxygens (including phenoxy) is 1. The van der Waals surface area contributed by atoms with E-state index in [1.807, 2.05) is 0 Å². The summed E-state index contributed by atoms with van der Waals surface area (Å²) in [6.45, 7) is 0.470. The van der Waals surface area contributed by atoms with Crippen molar-refractivity contribution in [2.45, 2.75) is 17.0 Å². The molecule has 1 aromatic carbocycles. The van der Waals surface area contributed by atoms with Crippen LogP contribution in [-0.4, -0.2) is 56.9 Å². The second-order valence-corrected chi connectivity index (χ2v) is 8.11. The lowest BCUT2D eigenvalue weighted by molar-refractivity contribution is 0.0223. The number of carbonyl (C=O) groups excluding carboxylic acids is 2. The van der Waals surface area contributed by atoms with E-state index in [2.05, 4.69) is 16.1 Å². The summed E-state index contributed by atoms with van der Waals surface area (Å²) in [6.07, 6.45) is 6.30. The Labute approximate surface area is 162 Å². The summed E-state index contributed by atoms with van der Waals surface area (Å²) in [5, 5.41) is 8.00. The topological polar surface area (TPSA) is 92.7 Å². The summed E-state index contributed by atoms with van der Waals surface area (Å²) in [6, 6.07) is 8.06. The summed E-state index contributed by atoms with van der Waals surface area (Å²) in [7, 11) is -1.33. The maximum absolute atomic E-state index is 12.9. The van der Waals surface area contributed by atoms with Gasteiger partial charge in [0.1, 0.15) is 0 Å². The number of hydrogen-bond acceptors (Lipinski definition) is 7. The van der Waals surface area contributed by atoms with Crippen molar-refractivity contribution < 1.29 is 18.5 Å². The Morgan fingerprint density at radius 1 is 1.41 bits per heavy atom. The van der Waals surface area contributed by atoms with Crippen LogP contribution in [0.15, 0.2) is 34.7 Å². The average molecular weight is 404 g/mol. The van der Waals surface area contributed by atoms with E-state index >= 15 is 0 Å². The van der Waals surface area contributed by atoms with Gasteiger partial charge in [-0.1, -0.05) is 35.5 Å². The predicted molar refractivity (Wildman–Crippen MR) is 101 cm³/mol. The molecule has 1 aromatic heterocycles. The minimum atomic E-state index is -1.33. The van der Waals surface area contributed by atoms with Crippen LogP contribution in [0.25, 0.3) is 0 Å². The number of urea groups is 1. The number of rotatable bonds is 5. The van der Waals surface area contributed by atoms with Crippen molar-refractivity contribution >= 4 is 39.3 Å². The van der Waals surface area contributed by atoms with Gasteiger partial charge in [-0.3, -0.25) is 4.21 Å². The molecular formula is C17H16N4O4S2. The standard InChI is InChI=1S/C17H16N4O4S2/c1-3-10-20-11-9-13(25-14(22)12-7-5-4-6-8-12)21(17(20)23)15-18-19-16(26-15)27(2)24/h1,4-8,13H,9-11H2,2H3. The first-order valence-electron chi connectivity index (χ1n) is 7.96. The van der Waals surface area contributed by atoms with Crippen molar-refractivity contribution in [2.75, 3.05) is 24.2 Å². The molecular weight excluding hydrogens is 388 g/mol. The van der Waals surface area contributed by atoms with Crippen molar-refractivity contribution in [3.05, 3.63) is 35.9 Å². The van der Waals surface area contributed by atoms with Gasteiger partial charge in [0, 0.05) is 19.2 Å². The largest absolute Gasteiger partial charge is 0.437 e. The van der Waals surface area contributed by atoms with Gasteiger partial charge in [0.15, 0.2) is 6.23 Å². The van der Waals surface area contributed by atoms with Crippen LogP contribution in [0.4, 0.5) is 9.93 Å². The smallest absolute Gasteiger partial charge is 0.340 e. The molecule has 2 unspecified atom stereocenters. The van der Waals surface area contributed by atoms with Crippen LogP contribution >= 0.6 is 11.3 Å². The highest BCUT2D eigenvalue weighted by Gasteiger charge is 2.38. The number of terminal acetylenes is 1. The van der Waals surface area contributed by atoms with E-state index in [1.54, 1.807) is 30.3 Å². The molecule has 2 amide bonds. The molecule has 1 saturated heterocycles. The molecule has 0 bridgehead atoms. The first-order chi connectivity index (χ1) is 13.0. The highest BCUT2D eigenvalue weighted by Crippen LogP contribution is 2.29. The molecule has 1 aliphatic heterocycles. The third-order valence-corrected chi connectivity index (χ3v) is 6.04. The van der Waals surface area contributed by atoms with Crippen LogP contribution in [-0.2, 0) is 15.5 Å². The predicted octanol–water partition coefficient (Wildman–Crippen LogP) is 1.72. The van der Waals surface area contributed by atoms with Crippen molar-refractivity contribution in [1.29, 1.82) is 0 Å². The summed E-state index contributed by atoms with van der Waals surface area (Å²) in [5.41, 5.74) is 0.378. The van der Waals surface area contributed by atoms with E-state index in [4.69, 9.17) is 11.2 Å². The normalized spacial score (nSPS) is 18.1. The molecule has 0 radical (unpaired) electrons. The first kappa shape index (κ1) is 19.0. The molecule has 2 heterocycles. The Hall–Kier alpha value is -2.77. The Balaban J connectivity index is 1.88. The van der Waals surface area contributed by atoms with Crippen LogP contribution in [0.3, 0.4) is 0 Å². The van der Waals surface area contributed by atoms with Gasteiger partial charge in [-0.25, -0.2) is 14.5 Å². The summed E-state index contributed by atoms with van der Waals surface area (Å²) >= 11 is 1.01. The number of carbonyl (C=O) groups is 2. The van der Waals surface area contributed by atoms with Crippen molar-refractivity contribution in [2.24, 2.45) is 0 Å². The van der Waals surface area contributed by atoms with Gasteiger partial charge in [-0.2, -0.15) is 0 Å². The summed E-state index contributed by atoms with van der Waals surface area (Å²) in [5.74, 6) is 1.89. The number of nitrogens with zero attached hydrogens (tertiary/aromatic N) is 4. The molecule has 1 aliphatic rings. The van der Waals surface area contributed by atoms with E-state index in [-0.39, 0.29) is 16.0 Å². The molecule has 3 rings (SSSR count). The van der Waals surface area contributed by atoms with Gasteiger partial charge < -0.3 is 9.64 Å². The molecule has 10 heteroatoms. The highest BCUT2D eigenvalue weighted by atomic mass is 32.2. The van der Waals surface area contributed by atoms with Gasteiger partial charge in [-0.15, -0.1) is 16.6 Å². The van der Waals surface area contributed by atoms with E-state index in [9.17, 15) is 13.8 Å². The molecule has 0 aliphatic carbocycles. The molecule has 0 saturated carbocycles. The fraction of sp³-hybridized carbons (Fsp3) is 0.294. The van der Waals surface area contributed by atoms with Crippen LogP contribution in [0.5, 0.6) is 0 Å². The lowest BCUT2D eigenvalue weighted by Crippen LogP contribution is -2.56. The van der Waals surface area contributed by atoms with Crippen molar-refractivity contribution in [3.8, 4) is 12.3 Å². The quantitative estimate of drug-likeness (QED) is 0.428. The second-order valence-electron chi connectivity index (χ2n) is 5.60. The molecule has 0 N–H and O–H groups in total. The zero-order valence-electron chi connectivity index (χ0n) is 14.4. The van der Waals surface area contributed by atoms with Gasteiger partial charge in [0.2, 0.25) is 9.47 Å². The minimum absolute atomic E-state index is 0.125. The summed E-state index contributed by atoms with van der Waals surface area (Å²) < 4.78 is 17.5. The fourth-order valence-corrected chi connectivity index (χ4v) is 3.98. The lowest BCUT2D eigenvalue weighted by atomic mass is 10.2. The van der Waals surface area contributed by atoms with Crippen LogP contribution in [0.2, 0.25) is 0 Å². The third kappa shape index (κ3) is 4.15. The maximum atomic E-state index is 12.9. The Morgan fingerprint density at radius 3 is 2.78 bits per heavy atom.